The summed E-state index contributed by atoms with van der Waals surface area (Å²) in [6, 6.07) is 0. The van der Waals surface area contributed by atoms with Crippen LogP contribution >= 0.6 is 0 Å². The number of ether oxygens (including phenoxy) is 2. The molecule has 0 saturated heterocycles. The lowest BCUT2D eigenvalue weighted by molar-refractivity contribution is -0.182. The van der Waals surface area contributed by atoms with Crippen LogP contribution in [0, 0.1) is 104 Å². The minimum Gasteiger partial charge on any atom is -0.458 e. The van der Waals surface area contributed by atoms with E-state index in [1.807, 2.05) is 39.0 Å². The quantitative estimate of drug-likeness (QED) is 0.0405. The van der Waals surface area contributed by atoms with Crippen molar-refractivity contribution in [3.8, 4) is 0 Å². The molecule has 12 aliphatic carbocycles. The van der Waals surface area contributed by atoms with Crippen molar-refractivity contribution in [2.75, 3.05) is 34.0 Å². The third-order valence-electron chi connectivity index (χ3n) is 28.3. The van der Waals surface area contributed by atoms with Gasteiger partial charge < -0.3 is 45.2 Å². The molecule has 101 heavy (non-hydrogen) atoms. The number of hydrogen-bond donors (Lipinski definition) is 8. The fourth-order valence-electron chi connectivity index (χ4n) is 23.5. The molecule has 0 aromatic carbocycles. The molecule has 0 radical (unpaired) electrons. The number of amides is 1. The zero-order valence-corrected chi connectivity index (χ0v) is 59.9. The molecule has 0 heterocycles. The van der Waals surface area contributed by atoms with Gasteiger partial charge in [0.25, 0.3) is 0 Å². The normalized spacial score (nSPS) is 43.1. The molecule has 0 spiro atoms. The van der Waals surface area contributed by atoms with Crippen LogP contribution in [0.4, 0.5) is 0 Å². The van der Waals surface area contributed by atoms with E-state index in [9.17, 15) is 82.5 Å². The Balaban J connectivity index is 0.000000217. The number of carbonyl (C=O) groups excluding carboxylic acids is 8. The molecule has 0 unspecified atom stereocenters. The lowest BCUT2D eigenvalue weighted by Gasteiger charge is -2.60. The van der Waals surface area contributed by atoms with Gasteiger partial charge in [0, 0.05) is 77.2 Å². The van der Waals surface area contributed by atoms with Gasteiger partial charge in [-0.2, -0.15) is 8.42 Å². The van der Waals surface area contributed by atoms with Crippen molar-refractivity contribution in [2.45, 2.75) is 235 Å². The van der Waals surface area contributed by atoms with E-state index in [0.717, 1.165) is 55.9 Å². The van der Waals surface area contributed by atoms with Gasteiger partial charge in [-0.15, -0.1) is 0 Å². The number of Topliss-reactive ketones (excluding diaryl/α,β-unsaturated/α-hetero) is 3. The molecule has 8 N–H and O–H groups in total. The summed E-state index contributed by atoms with van der Waals surface area (Å²) < 4.78 is 41.4. The van der Waals surface area contributed by atoms with Gasteiger partial charge in [-0.05, 0) is 180 Å². The lowest BCUT2D eigenvalue weighted by atomic mass is 9.45. The fourth-order valence-corrected chi connectivity index (χ4v) is 23.9. The Morgan fingerprint density at radius 3 is 1.16 bits per heavy atom. The van der Waals surface area contributed by atoms with Gasteiger partial charge >= 0.3 is 16.3 Å². The van der Waals surface area contributed by atoms with E-state index in [-0.39, 0.29) is 164 Å². The molecule has 0 bridgehead atoms. The first kappa shape index (κ1) is 83.3. The van der Waals surface area contributed by atoms with Crippen molar-refractivity contribution in [3.63, 3.8) is 0 Å². The predicted molar refractivity (Wildman–Crippen MR) is 380 cm³/mol. The minimum atomic E-state index is -4.56. The second-order valence-electron chi connectivity index (χ2n) is 33.2. The molecule has 0 aliphatic heterocycles. The standard InChI is InChI=1S/C31H45NO10S.C23H32O5.C22H30O5.3CH4/c1-19-15-21-22-12-14-31(38,30(22,3)17-24(34)28(21)29(2)13-11-20(33)16-23(19)29)25(35)18-42-27(37)10-8-6-5-7-9-26(36)32(4)43(39,40)41;1-13-9-15-16-6-8-23(27,19(26)12-28-4)22(16,3)11-18(25)20(15)21(2)7-5-14(24)10-17(13)21;1-12-8-14-15-5-7-22(27,18(26)11-23)21(15,3)10-17(25)19(14)20(2)6-4-13(24)9-16(12)20;;;/h11,13,16,19,21-22,24,28,34,38H,5-10,12,14-15,17-18H2,1-4H3,(H,39,40,41);5,7,10,13,15-16,18,20,25,27H,6,8-9,11-12H2,1-4H3;4,6,9,12,14-15,17,19,23,25,27H,5,7-8,10-11H2,1-3H3;3*1H4/t19-,21-,22-,24-,28+,29-,30-,31-;13-,15-,16-,18-,20+,21-,22-,23-;12-,14-,15-,17-,19+,20-,21-,22-;;;/m000.../s1. The average Bonchev–Trinajstić information content (AvgIpc) is 1.65. The number of aliphatic hydroxyl groups is 7. The van der Waals surface area contributed by atoms with Crippen LogP contribution in [0.1, 0.15) is 200 Å². The van der Waals surface area contributed by atoms with E-state index in [1.54, 1.807) is 36.5 Å². The number of ketones is 6. The number of fused-ring (bicyclic) bond motifs is 15. The Morgan fingerprint density at radius 1 is 0.525 bits per heavy atom. The summed E-state index contributed by atoms with van der Waals surface area (Å²) in [5.74, 6) is -1.59. The Bertz CT molecular complexity index is 3550. The first-order valence-electron chi connectivity index (χ1n) is 35.8. The van der Waals surface area contributed by atoms with Crippen LogP contribution < -0.4 is 0 Å². The third kappa shape index (κ3) is 13.6. The van der Waals surface area contributed by atoms with Crippen LogP contribution in [0.2, 0.25) is 0 Å². The molecular weight excluding hydrogens is 1310 g/mol. The van der Waals surface area contributed by atoms with Crippen molar-refractivity contribution in [1.82, 2.24) is 4.31 Å². The number of rotatable bonds is 16. The highest BCUT2D eigenvalue weighted by Crippen LogP contribution is 2.71. The summed E-state index contributed by atoms with van der Waals surface area (Å²) in [6.07, 6.45) is 22.3. The highest BCUT2D eigenvalue weighted by atomic mass is 32.2. The van der Waals surface area contributed by atoms with Gasteiger partial charge in [0.05, 0.1) is 18.3 Å². The number of methoxy groups -OCH3 is 1. The molecule has 22 heteroatoms. The number of esters is 1. The maximum absolute atomic E-state index is 13.4. The van der Waals surface area contributed by atoms with Crippen molar-refractivity contribution in [3.05, 3.63) is 71.4 Å². The molecule has 12 aliphatic rings. The molecular formula is C79H119NO20S. The van der Waals surface area contributed by atoms with Gasteiger partial charge in [-0.3, -0.25) is 42.9 Å². The zero-order valence-electron chi connectivity index (χ0n) is 59.0. The van der Waals surface area contributed by atoms with Crippen LogP contribution in [0.3, 0.4) is 0 Å². The summed E-state index contributed by atoms with van der Waals surface area (Å²) in [5, 5.41) is 78.0. The van der Waals surface area contributed by atoms with E-state index in [0.29, 0.717) is 57.8 Å². The molecule has 1 amide bonds. The number of carbonyl (C=O) groups is 8. The Kier molecular flexibility index (Phi) is 24.5. The molecule has 0 aromatic rings. The number of aliphatic hydroxyl groups excluding tert-OH is 4. The number of nitrogens with zero attached hydrogens (tertiary/aromatic N) is 1. The van der Waals surface area contributed by atoms with E-state index in [2.05, 4.69) is 41.5 Å². The minimum absolute atomic E-state index is 0. The summed E-state index contributed by atoms with van der Waals surface area (Å²) in [7, 11) is -2.12. The van der Waals surface area contributed by atoms with Crippen molar-refractivity contribution in [1.29, 1.82) is 0 Å². The van der Waals surface area contributed by atoms with E-state index >= 15 is 0 Å². The summed E-state index contributed by atoms with van der Waals surface area (Å²) in [6.45, 7) is 17.2. The molecule has 21 nitrogen and oxygen atoms in total. The molecule has 566 valence electrons. The van der Waals surface area contributed by atoms with Gasteiger partial charge in [0.1, 0.15) is 30.0 Å². The van der Waals surface area contributed by atoms with Crippen LogP contribution in [0.15, 0.2) is 71.4 Å². The highest BCUT2D eigenvalue weighted by molar-refractivity contribution is 7.83. The molecule has 24 atom stereocenters. The van der Waals surface area contributed by atoms with Gasteiger partial charge in [0.2, 0.25) is 11.7 Å². The maximum atomic E-state index is 13.4. The van der Waals surface area contributed by atoms with Gasteiger partial charge in [-0.1, -0.05) is 132 Å². The largest absolute Gasteiger partial charge is 0.458 e. The van der Waals surface area contributed by atoms with Gasteiger partial charge in [0.15, 0.2) is 35.5 Å². The highest BCUT2D eigenvalue weighted by Gasteiger charge is 2.72. The Morgan fingerprint density at radius 2 is 0.842 bits per heavy atom. The second kappa shape index (κ2) is 29.7. The number of unbranched alkanes of at least 4 members (excludes halogenated alkanes) is 3. The first-order chi connectivity index (χ1) is 45.6. The smallest absolute Gasteiger partial charge is 0.361 e. The van der Waals surface area contributed by atoms with Crippen LogP contribution in [0.5, 0.6) is 0 Å². The fraction of sp³-hybridized carbons (Fsp3) is 0.747. The van der Waals surface area contributed by atoms with Gasteiger partial charge in [-0.25, -0.2) is 4.31 Å². The Labute approximate surface area is 599 Å². The molecule has 9 saturated carbocycles. The van der Waals surface area contributed by atoms with Crippen LogP contribution in [-0.4, -0.2) is 169 Å². The lowest BCUT2D eigenvalue weighted by Crippen LogP contribution is -2.62. The summed E-state index contributed by atoms with van der Waals surface area (Å²) in [4.78, 5) is 98.8. The topological polar surface area (TPSA) is 354 Å². The maximum Gasteiger partial charge on any atom is 0.361 e. The van der Waals surface area contributed by atoms with Crippen molar-refractivity contribution >= 4 is 56.9 Å². The zero-order chi connectivity index (χ0) is 72.2. The van der Waals surface area contributed by atoms with E-state index in [1.165, 1.54) is 7.11 Å². The van der Waals surface area contributed by atoms with Crippen molar-refractivity contribution < 1.29 is 96.5 Å². The summed E-state index contributed by atoms with van der Waals surface area (Å²) >= 11 is 0. The van der Waals surface area contributed by atoms with Crippen LogP contribution in [-0.2, 0) is 58.1 Å². The summed E-state index contributed by atoms with van der Waals surface area (Å²) in [5.41, 5.74) is -4.98. The van der Waals surface area contributed by atoms with E-state index in [4.69, 9.17) is 14.0 Å². The predicted octanol–water partition coefficient (Wildman–Crippen LogP) is 9.13. The molecule has 12 rings (SSSR count). The van der Waals surface area contributed by atoms with Crippen LogP contribution in [0.25, 0.3) is 0 Å². The van der Waals surface area contributed by atoms with Crippen molar-refractivity contribution in [2.24, 2.45) is 104 Å². The number of hydrogen-bond acceptors (Lipinski definition) is 19. The van der Waals surface area contributed by atoms with E-state index < -0.39 is 104 Å². The average molecular weight is 1430 g/mol. The molecule has 0 aromatic heterocycles. The molecule has 9 fully saturated rings. The monoisotopic (exact) mass is 1430 g/mol. The SMILES string of the molecule is C.C.C.COCC(=O)[C@@]1(O)CC[C@H]2[C@@H]3C[C@H](C)C4=CC(=O)C=C[C@]4(C)[C@H]3[C@@H](O)C[C@@]21C.C[C@H]1C[C@@H]2[C@H]([C@@H](O)C[C@@]3(C)[C@H]2CC[C@]3(O)C(=O)CO)[C@@]2(C)C=CC(=O)C=C12.C[C@H]1C[C@@H]2[C@H]([C@@H](O)C[C@@]3(C)[C@H]2CC[C@]3(O)C(=O)COC(=O)CCCCCCC(=O)N(C)S(=O)(=O)O)[C@@]2(C)C=CC(=O)C=C12. The third-order valence-corrected chi connectivity index (χ3v) is 29.2. The Hall–Kier alpha value is -5.01. The first-order valence-corrected chi connectivity index (χ1v) is 37.2. The number of allylic oxidation sites excluding steroid dienone is 12. The second-order valence-corrected chi connectivity index (χ2v) is 34.6.